The predicted molar refractivity (Wildman–Crippen MR) is 71.7 cm³/mol. The van der Waals surface area contributed by atoms with E-state index in [1.807, 2.05) is 12.3 Å². The molecule has 1 aliphatic rings. The van der Waals surface area contributed by atoms with Crippen LogP contribution in [0.4, 0.5) is 5.69 Å². The van der Waals surface area contributed by atoms with E-state index in [1.54, 1.807) is 0 Å². The van der Waals surface area contributed by atoms with Crippen LogP contribution in [0, 0.1) is 3.57 Å². The van der Waals surface area contributed by atoms with E-state index in [4.69, 9.17) is 11.6 Å². The van der Waals surface area contributed by atoms with Crippen LogP contribution >= 0.6 is 34.2 Å². The summed E-state index contributed by atoms with van der Waals surface area (Å²) < 4.78 is 1.17. The molecule has 0 bridgehead atoms. The van der Waals surface area contributed by atoms with Crippen LogP contribution < -0.4 is 4.90 Å². The van der Waals surface area contributed by atoms with E-state index in [0.29, 0.717) is 5.15 Å². The van der Waals surface area contributed by atoms with E-state index in [9.17, 15) is 0 Å². The Labute approximate surface area is 109 Å². The number of nitrogens with zero attached hydrogens (tertiary/aromatic N) is 3. The van der Waals surface area contributed by atoms with E-state index in [0.717, 1.165) is 26.2 Å². The fraction of sp³-hybridized carbons (Fsp3) is 0.500. The van der Waals surface area contributed by atoms with Crippen LogP contribution in [0.3, 0.4) is 0 Å². The van der Waals surface area contributed by atoms with Gasteiger partial charge in [-0.25, -0.2) is 4.98 Å². The molecule has 0 aliphatic carbocycles. The van der Waals surface area contributed by atoms with Crippen molar-refractivity contribution in [1.29, 1.82) is 0 Å². The standard InChI is InChI=1S/C10H13ClIN3/c1-14-2-4-15(5-3-14)9-6-10(11)13-7-8(9)12/h6-7H,2-5H2,1H3. The molecular formula is C10H13ClIN3. The third-order valence-corrected chi connectivity index (χ3v) is 3.68. The van der Waals surface area contributed by atoms with E-state index in [2.05, 4.69) is 44.4 Å². The highest BCUT2D eigenvalue weighted by Gasteiger charge is 2.16. The summed E-state index contributed by atoms with van der Waals surface area (Å²) in [7, 11) is 2.15. The molecule has 0 N–H and O–H groups in total. The molecule has 15 heavy (non-hydrogen) atoms. The first-order chi connectivity index (χ1) is 7.16. The first-order valence-corrected chi connectivity index (χ1v) is 6.37. The molecule has 5 heteroatoms. The molecule has 0 amide bonds. The molecule has 0 aromatic carbocycles. The first kappa shape index (κ1) is 11.4. The number of rotatable bonds is 1. The molecule has 2 heterocycles. The zero-order valence-corrected chi connectivity index (χ0v) is 11.5. The summed E-state index contributed by atoms with van der Waals surface area (Å²) >= 11 is 8.22. The molecule has 0 radical (unpaired) electrons. The highest BCUT2D eigenvalue weighted by Crippen LogP contribution is 2.25. The second-order valence-corrected chi connectivity index (χ2v) is 5.30. The van der Waals surface area contributed by atoms with Gasteiger partial charge in [-0.2, -0.15) is 0 Å². The van der Waals surface area contributed by atoms with Gasteiger partial charge in [0.2, 0.25) is 0 Å². The van der Waals surface area contributed by atoms with Crippen LogP contribution in [0.1, 0.15) is 0 Å². The van der Waals surface area contributed by atoms with Gasteiger partial charge in [0.05, 0.1) is 9.26 Å². The third-order valence-electron chi connectivity index (χ3n) is 2.65. The molecule has 1 aliphatic heterocycles. The van der Waals surface area contributed by atoms with Crippen molar-refractivity contribution < 1.29 is 0 Å². The number of aromatic nitrogens is 1. The molecule has 82 valence electrons. The van der Waals surface area contributed by atoms with E-state index < -0.39 is 0 Å². The Balaban J connectivity index is 2.18. The van der Waals surface area contributed by atoms with Crippen LogP contribution in [0.5, 0.6) is 0 Å². The monoisotopic (exact) mass is 337 g/mol. The zero-order chi connectivity index (χ0) is 10.8. The maximum absolute atomic E-state index is 5.91. The van der Waals surface area contributed by atoms with Gasteiger partial charge in [-0.05, 0) is 35.7 Å². The van der Waals surface area contributed by atoms with Gasteiger partial charge in [-0.1, -0.05) is 11.6 Å². The van der Waals surface area contributed by atoms with Crippen molar-refractivity contribution in [3.63, 3.8) is 0 Å². The molecular weight excluding hydrogens is 324 g/mol. The average molecular weight is 338 g/mol. The number of likely N-dealkylation sites (N-methyl/N-ethyl adjacent to an activating group) is 1. The number of pyridine rings is 1. The lowest BCUT2D eigenvalue weighted by Gasteiger charge is -2.34. The maximum Gasteiger partial charge on any atom is 0.131 e. The molecule has 0 saturated carbocycles. The summed E-state index contributed by atoms with van der Waals surface area (Å²) in [5.41, 5.74) is 1.21. The van der Waals surface area contributed by atoms with Crippen LogP contribution in [0.15, 0.2) is 12.3 Å². The van der Waals surface area contributed by atoms with E-state index in [1.165, 1.54) is 9.26 Å². The van der Waals surface area contributed by atoms with Crippen LogP contribution in [0.2, 0.25) is 5.15 Å². The lowest BCUT2D eigenvalue weighted by atomic mass is 10.3. The molecule has 3 nitrogen and oxygen atoms in total. The van der Waals surface area contributed by atoms with Crippen LogP contribution in [-0.2, 0) is 0 Å². The summed E-state index contributed by atoms with van der Waals surface area (Å²) in [5, 5.41) is 0.573. The Hall–Kier alpha value is -0.0700. The highest BCUT2D eigenvalue weighted by molar-refractivity contribution is 14.1. The molecule has 1 aromatic rings. The van der Waals surface area contributed by atoms with Gasteiger partial charge < -0.3 is 9.80 Å². The minimum Gasteiger partial charge on any atom is -0.368 e. The Morgan fingerprint density at radius 3 is 2.67 bits per heavy atom. The van der Waals surface area contributed by atoms with Gasteiger partial charge in [-0.3, -0.25) is 0 Å². The van der Waals surface area contributed by atoms with Crippen molar-refractivity contribution in [2.45, 2.75) is 0 Å². The Bertz CT molecular complexity index is 351. The Morgan fingerprint density at radius 2 is 2.00 bits per heavy atom. The quantitative estimate of drug-likeness (QED) is 0.578. The van der Waals surface area contributed by atoms with Gasteiger partial charge in [0.15, 0.2) is 0 Å². The first-order valence-electron chi connectivity index (χ1n) is 4.91. The lowest BCUT2D eigenvalue weighted by Crippen LogP contribution is -2.44. The fourth-order valence-electron chi connectivity index (χ4n) is 1.69. The summed E-state index contributed by atoms with van der Waals surface area (Å²) in [6.07, 6.45) is 1.83. The topological polar surface area (TPSA) is 19.4 Å². The number of anilines is 1. The van der Waals surface area contributed by atoms with Gasteiger partial charge in [0.25, 0.3) is 0 Å². The molecule has 0 atom stereocenters. The average Bonchev–Trinajstić information content (AvgIpc) is 2.23. The highest BCUT2D eigenvalue weighted by atomic mass is 127. The van der Waals surface area contributed by atoms with Crippen LogP contribution in [-0.4, -0.2) is 43.1 Å². The van der Waals surface area contributed by atoms with Gasteiger partial charge in [0, 0.05) is 32.4 Å². The predicted octanol–water partition coefficient (Wildman–Crippen LogP) is 2.09. The molecule has 1 aromatic heterocycles. The molecule has 2 rings (SSSR count). The van der Waals surface area contributed by atoms with Gasteiger partial charge in [-0.15, -0.1) is 0 Å². The fourth-order valence-corrected chi connectivity index (χ4v) is 2.48. The smallest absolute Gasteiger partial charge is 0.131 e. The van der Waals surface area contributed by atoms with Gasteiger partial charge in [0.1, 0.15) is 5.15 Å². The molecule has 0 spiro atoms. The lowest BCUT2D eigenvalue weighted by molar-refractivity contribution is 0.312. The number of piperazine rings is 1. The SMILES string of the molecule is CN1CCN(c2cc(Cl)ncc2I)CC1. The molecule has 0 unspecified atom stereocenters. The van der Waals surface area contributed by atoms with Gasteiger partial charge >= 0.3 is 0 Å². The van der Waals surface area contributed by atoms with Crippen molar-refractivity contribution in [2.75, 3.05) is 38.1 Å². The van der Waals surface area contributed by atoms with Crippen molar-refractivity contribution in [3.8, 4) is 0 Å². The maximum atomic E-state index is 5.91. The van der Waals surface area contributed by atoms with E-state index in [-0.39, 0.29) is 0 Å². The Kier molecular flexibility index (Phi) is 3.69. The summed E-state index contributed by atoms with van der Waals surface area (Å²) in [5.74, 6) is 0. The third kappa shape index (κ3) is 2.73. The second-order valence-electron chi connectivity index (χ2n) is 3.75. The largest absolute Gasteiger partial charge is 0.368 e. The number of hydrogen-bond acceptors (Lipinski definition) is 3. The van der Waals surface area contributed by atoms with Crippen LogP contribution in [0.25, 0.3) is 0 Å². The Morgan fingerprint density at radius 1 is 1.33 bits per heavy atom. The normalized spacial score (nSPS) is 18.2. The number of hydrogen-bond donors (Lipinski definition) is 0. The molecule has 1 fully saturated rings. The van der Waals surface area contributed by atoms with Crippen molar-refractivity contribution >= 4 is 39.9 Å². The molecule has 1 saturated heterocycles. The number of halogens is 2. The summed E-state index contributed by atoms with van der Waals surface area (Å²) in [6, 6.07) is 1.95. The summed E-state index contributed by atoms with van der Waals surface area (Å²) in [4.78, 5) is 8.78. The summed E-state index contributed by atoms with van der Waals surface area (Å²) in [6.45, 7) is 4.34. The van der Waals surface area contributed by atoms with Crippen molar-refractivity contribution in [1.82, 2.24) is 9.88 Å². The van der Waals surface area contributed by atoms with Crippen molar-refractivity contribution in [3.05, 3.63) is 21.0 Å². The second kappa shape index (κ2) is 4.84. The minimum absolute atomic E-state index is 0.573. The minimum atomic E-state index is 0.573. The van der Waals surface area contributed by atoms with Crippen molar-refractivity contribution in [2.24, 2.45) is 0 Å². The van der Waals surface area contributed by atoms with E-state index >= 15 is 0 Å². The zero-order valence-electron chi connectivity index (χ0n) is 8.58.